The van der Waals surface area contributed by atoms with Crippen molar-refractivity contribution in [1.29, 1.82) is 0 Å². The van der Waals surface area contributed by atoms with E-state index in [9.17, 15) is 29.1 Å². The largest absolute Gasteiger partial charge is 0.392 e. The molecule has 0 aromatic heterocycles. The number of aliphatic hydroxyl groups excluding tert-OH is 1. The van der Waals surface area contributed by atoms with Crippen molar-refractivity contribution < 1.29 is 29.1 Å². The Kier molecular flexibility index (Phi) is 11.7. The molecule has 1 unspecified atom stereocenters. The molecule has 0 saturated heterocycles. The van der Waals surface area contributed by atoms with Gasteiger partial charge in [0.25, 0.3) is 11.8 Å². The molecule has 1 aromatic carbocycles. The summed E-state index contributed by atoms with van der Waals surface area (Å²) in [4.78, 5) is 61.8. The molecule has 1 aliphatic heterocycles. The molecule has 0 spiro atoms. The van der Waals surface area contributed by atoms with Crippen LogP contribution in [-0.4, -0.2) is 58.7 Å². The number of halogens is 1. The van der Waals surface area contributed by atoms with Gasteiger partial charge in [0.1, 0.15) is 6.04 Å². The van der Waals surface area contributed by atoms with Crippen molar-refractivity contribution >= 4 is 46.8 Å². The molecule has 37 heavy (non-hydrogen) atoms. The average molecular weight is 535 g/mol. The van der Waals surface area contributed by atoms with Crippen LogP contribution in [0.1, 0.15) is 57.6 Å². The number of carbonyl (C=O) groups excluding carboxylic acids is 5. The van der Waals surface area contributed by atoms with E-state index in [1.165, 1.54) is 12.2 Å². The number of anilines is 1. The quantitative estimate of drug-likeness (QED) is 0.212. The van der Waals surface area contributed by atoms with E-state index in [1.54, 1.807) is 26.0 Å². The summed E-state index contributed by atoms with van der Waals surface area (Å²) < 4.78 is 0. The van der Waals surface area contributed by atoms with Crippen molar-refractivity contribution in [2.75, 3.05) is 18.4 Å². The minimum atomic E-state index is -0.810. The summed E-state index contributed by atoms with van der Waals surface area (Å²) in [6, 6.07) is 2.49. The standard InChI is InChI=1S/C26H35ClN4O6/c1-4-17-12-18(15-32)19(27)13-20(17)29-22(34)14-28-26(37)25(16(2)3)30-21(33)8-6-5-7-11-31-23(35)9-10-24(31)36/h9-10,12-13,16,25,32H,4-8,11,14-15H2,1-3H3,(H,28,37)(H,29,34)(H,30,33). The number of benzene rings is 1. The molecule has 1 aromatic rings. The third-order valence-corrected chi connectivity index (χ3v) is 6.32. The van der Waals surface area contributed by atoms with Gasteiger partial charge in [-0.2, -0.15) is 0 Å². The fraction of sp³-hybridized carbons (Fsp3) is 0.500. The van der Waals surface area contributed by atoms with Crippen LogP contribution < -0.4 is 16.0 Å². The first kappa shape index (κ1) is 30.0. The third kappa shape index (κ3) is 8.98. The summed E-state index contributed by atoms with van der Waals surface area (Å²) in [5, 5.41) is 17.7. The topological polar surface area (TPSA) is 145 Å². The monoisotopic (exact) mass is 534 g/mol. The van der Waals surface area contributed by atoms with Gasteiger partial charge >= 0.3 is 0 Å². The molecule has 1 heterocycles. The number of aryl methyl sites for hydroxylation is 1. The summed E-state index contributed by atoms with van der Waals surface area (Å²) >= 11 is 6.14. The fourth-order valence-electron chi connectivity index (χ4n) is 3.84. The number of amides is 5. The highest BCUT2D eigenvalue weighted by Crippen LogP contribution is 2.26. The smallest absolute Gasteiger partial charge is 0.253 e. The van der Waals surface area contributed by atoms with Gasteiger partial charge < -0.3 is 21.1 Å². The highest BCUT2D eigenvalue weighted by molar-refractivity contribution is 6.31. The van der Waals surface area contributed by atoms with Gasteiger partial charge in [0.2, 0.25) is 17.7 Å². The number of hydrogen-bond donors (Lipinski definition) is 4. The second-order valence-corrected chi connectivity index (χ2v) is 9.55. The number of carbonyl (C=O) groups is 5. The Hall–Kier alpha value is -3.24. The van der Waals surface area contributed by atoms with Gasteiger partial charge in [-0.15, -0.1) is 0 Å². The Morgan fingerprint density at radius 1 is 1.00 bits per heavy atom. The van der Waals surface area contributed by atoms with Crippen LogP contribution in [0.25, 0.3) is 0 Å². The van der Waals surface area contributed by atoms with Crippen LogP contribution in [-0.2, 0) is 37.0 Å². The zero-order valence-corrected chi connectivity index (χ0v) is 22.2. The van der Waals surface area contributed by atoms with Crippen molar-refractivity contribution in [1.82, 2.24) is 15.5 Å². The number of aliphatic hydroxyl groups is 1. The molecule has 0 fully saturated rings. The molecule has 11 heteroatoms. The first-order valence-corrected chi connectivity index (χ1v) is 12.8. The van der Waals surface area contributed by atoms with Crippen molar-refractivity contribution in [3.8, 4) is 0 Å². The van der Waals surface area contributed by atoms with Crippen molar-refractivity contribution in [3.05, 3.63) is 40.4 Å². The van der Waals surface area contributed by atoms with Crippen molar-refractivity contribution in [3.63, 3.8) is 0 Å². The molecule has 202 valence electrons. The van der Waals surface area contributed by atoms with Crippen molar-refractivity contribution in [2.45, 2.75) is 65.5 Å². The van der Waals surface area contributed by atoms with E-state index in [1.807, 2.05) is 6.92 Å². The lowest BCUT2D eigenvalue weighted by Crippen LogP contribution is -2.51. The Labute approximate surface area is 221 Å². The van der Waals surface area contributed by atoms with E-state index in [4.69, 9.17) is 11.6 Å². The predicted octanol–water partition coefficient (Wildman–Crippen LogP) is 2.08. The van der Waals surface area contributed by atoms with E-state index in [0.29, 0.717) is 48.5 Å². The molecule has 4 N–H and O–H groups in total. The van der Waals surface area contributed by atoms with E-state index in [-0.39, 0.29) is 43.2 Å². The Balaban J connectivity index is 1.78. The normalized spacial score (nSPS) is 13.7. The Bertz CT molecular complexity index is 1040. The van der Waals surface area contributed by atoms with Gasteiger partial charge in [-0.25, -0.2) is 0 Å². The van der Waals surface area contributed by atoms with Crippen LogP contribution in [0.15, 0.2) is 24.3 Å². The van der Waals surface area contributed by atoms with E-state index >= 15 is 0 Å². The fourth-order valence-corrected chi connectivity index (χ4v) is 4.06. The van der Waals surface area contributed by atoms with Gasteiger partial charge in [-0.3, -0.25) is 28.9 Å². The van der Waals surface area contributed by atoms with Crippen LogP contribution in [0, 0.1) is 5.92 Å². The molecule has 5 amide bonds. The first-order valence-electron chi connectivity index (χ1n) is 12.4. The number of rotatable bonds is 14. The summed E-state index contributed by atoms with van der Waals surface area (Å²) in [5.41, 5.74) is 1.87. The highest BCUT2D eigenvalue weighted by atomic mass is 35.5. The van der Waals surface area contributed by atoms with Gasteiger partial charge in [-0.1, -0.05) is 38.8 Å². The van der Waals surface area contributed by atoms with E-state index < -0.39 is 17.9 Å². The second-order valence-electron chi connectivity index (χ2n) is 9.14. The predicted molar refractivity (Wildman–Crippen MR) is 139 cm³/mol. The van der Waals surface area contributed by atoms with Gasteiger partial charge in [0.05, 0.1) is 13.2 Å². The molecular weight excluding hydrogens is 500 g/mol. The lowest BCUT2D eigenvalue weighted by Gasteiger charge is -2.22. The lowest BCUT2D eigenvalue weighted by atomic mass is 10.0. The third-order valence-electron chi connectivity index (χ3n) is 5.97. The van der Waals surface area contributed by atoms with Crippen LogP contribution in [0.2, 0.25) is 5.02 Å². The van der Waals surface area contributed by atoms with Crippen LogP contribution in [0.3, 0.4) is 0 Å². The molecule has 1 aliphatic rings. The maximum absolute atomic E-state index is 12.7. The van der Waals surface area contributed by atoms with Gasteiger partial charge in [-0.05, 0) is 48.4 Å². The number of imide groups is 1. The van der Waals surface area contributed by atoms with E-state index in [0.717, 1.165) is 10.5 Å². The molecule has 0 saturated carbocycles. The summed E-state index contributed by atoms with van der Waals surface area (Å²) in [5.74, 6) is -2.06. The van der Waals surface area contributed by atoms with Gasteiger partial charge in [0, 0.05) is 35.8 Å². The minimum absolute atomic E-state index is 0.196. The number of nitrogens with zero attached hydrogens (tertiary/aromatic N) is 1. The number of unbranched alkanes of at least 4 members (excludes halogenated alkanes) is 2. The van der Waals surface area contributed by atoms with Crippen LogP contribution in [0.5, 0.6) is 0 Å². The highest BCUT2D eigenvalue weighted by Gasteiger charge is 2.25. The SMILES string of the molecule is CCc1cc(CO)c(Cl)cc1NC(=O)CNC(=O)C(NC(=O)CCCCCN1C(=O)C=CC1=O)C(C)C. The average Bonchev–Trinajstić information content (AvgIpc) is 3.17. The molecule has 10 nitrogen and oxygen atoms in total. The molecule has 1 atom stereocenters. The second kappa shape index (κ2) is 14.5. The molecule has 0 radical (unpaired) electrons. The maximum Gasteiger partial charge on any atom is 0.253 e. The molecule has 0 aliphatic carbocycles. The minimum Gasteiger partial charge on any atom is -0.392 e. The summed E-state index contributed by atoms with van der Waals surface area (Å²) in [7, 11) is 0. The Morgan fingerprint density at radius 3 is 2.27 bits per heavy atom. The molecular formula is C26H35ClN4O6. The van der Waals surface area contributed by atoms with E-state index in [2.05, 4.69) is 16.0 Å². The number of hydrogen-bond acceptors (Lipinski definition) is 6. The summed E-state index contributed by atoms with van der Waals surface area (Å²) in [6.45, 7) is 5.30. The maximum atomic E-state index is 12.7. The van der Waals surface area contributed by atoms with Crippen LogP contribution >= 0.6 is 11.6 Å². The lowest BCUT2D eigenvalue weighted by molar-refractivity contribution is -0.137. The van der Waals surface area contributed by atoms with Crippen molar-refractivity contribution in [2.24, 2.45) is 5.92 Å². The molecule has 2 rings (SSSR count). The summed E-state index contributed by atoms with van der Waals surface area (Å²) in [6.07, 6.45) is 5.06. The van der Waals surface area contributed by atoms with Gasteiger partial charge in [0.15, 0.2) is 0 Å². The molecule has 0 bridgehead atoms. The zero-order valence-electron chi connectivity index (χ0n) is 21.4. The zero-order chi connectivity index (χ0) is 27.5. The number of nitrogens with one attached hydrogen (secondary N) is 3. The first-order chi connectivity index (χ1) is 17.6. The van der Waals surface area contributed by atoms with Crippen LogP contribution in [0.4, 0.5) is 5.69 Å². The Morgan fingerprint density at radius 2 is 1.68 bits per heavy atom.